The number of benzene rings is 2. The van der Waals surface area contributed by atoms with E-state index in [9.17, 15) is 9.90 Å². The zero-order chi connectivity index (χ0) is 22.7. The van der Waals surface area contributed by atoms with Gasteiger partial charge in [0.25, 0.3) is 5.91 Å². The van der Waals surface area contributed by atoms with Gasteiger partial charge in [0.1, 0.15) is 11.5 Å². The predicted octanol–water partition coefficient (Wildman–Crippen LogP) is 3.78. The van der Waals surface area contributed by atoms with Crippen LogP contribution >= 0.6 is 0 Å². The lowest BCUT2D eigenvalue weighted by molar-refractivity contribution is 0.102. The van der Waals surface area contributed by atoms with Gasteiger partial charge < -0.3 is 25.0 Å². The van der Waals surface area contributed by atoms with Crippen LogP contribution in [0.4, 0.5) is 11.4 Å². The van der Waals surface area contributed by atoms with Crippen molar-refractivity contribution < 1.29 is 14.6 Å². The van der Waals surface area contributed by atoms with E-state index in [1.54, 1.807) is 37.7 Å². The Labute approximate surface area is 188 Å². The number of carbonyl (C=O) groups excluding carboxylic acids is 1. The van der Waals surface area contributed by atoms with Crippen molar-refractivity contribution in [2.45, 2.75) is 6.92 Å². The fourth-order valence-electron chi connectivity index (χ4n) is 3.92. The molecule has 2 aromatic carbocycles. The van der Waals surface area contributed by atoms with E-state index in [0.717, 1.165) is 54.3 Å². The van der Waals surface area contributed by atoms with E-state index < -0.39 is 0 Å². The third kappa shape index (κ3) is 4.53. The summed E-state index contributed by atoms with van der Waals surface area (Å²) in [4.78, 5) is 21.6. The van der Waals surface area contributed by atoms with Crippen molar-refractivity contribution in [3.05, 3.63) is 66.0 Å². The zero-order valence-electron chi connectivity index (χ0n) is 18.6. The summed E-state index contributed by atoms with van der Waals surface area (Å²) in [6.07, 6.45) is 3.48. The number of phenols is 1. The highest BCUT2D eigenvalue weighted by Gasteiger charge is 2.19. The molecule has 0 aliphatic carbocycles. The van der Waals surface area contributed by atoms with Gasteiger partial charge in [0, 0.05) is 49.8 Å². The number of aryl methyl sites for hydroxylation is 1. The van der Waals surface area contributed by atoms with Crippen LogP contribution in [0.3, 0.4) is 0 Å². The lowest BCUT2D eigenvalue weighted by atomic mass is 10.0. The first-order valence-electron chi connectivity index (χ1n) is 10.6. The van der Waals surface area contributed by atoms with E-state index in [0.29, 0.717) is 5.69 Å². The first-order chi connectivity index (χ1) is 15.5. The van der Waals surface area contributed by atoms with Gasteiger partial charge in [-0.1, -0.05) is 6.07 Å². The molecule has 1 aromatic heterocycles. The minimum Gasteiger partial charge on any atom is -0.507 e. The van der Waals surface area contributed by atoms with Crippen LogP contribution in [0.25, 0.3) is 11.1 Å². The minimum absolute atomic E-state index is 0.0731. The molecular formula is C25H28N4O3. The molecular weight excluding hydrogens is 404 g/mol. The number of anilines is 2. The van der Waals surface area contributed by atoms with Crippen molar-refractivity contribution in [1.29, 1.82) is 0 Å². The number of likely N-dealkylation sites (N-methyl/N-ethyl adjacent to an activating group) is 1. The molecule has 1 saturated heterocycles. The Bertz CT molecular complexity index is 1120. The maximum Gasteiger partial charge on any atom is 0.259 e. The highest BCUT2D eigenvalue weighted by molar-refractivity contribution is 6.06. The molecule has 0 radical (unpaired) electrons. The van der Waals surface area contributed by atoms with Crippen molar-refractivity contribution in [1.82, 2.24) is 9.88 Å². The molecule has 3 aromatic rings. The maximum atomic E-state index is 12.9. The Kier molecular flexibility index (Phi) is 6.28. The summed E-state index contributed by atoms with van der Waals surface area (Å²) >= 11 is 0. The topological polar surface area (TPSA) is 77.9 Å². The van der Waals surface area contributed by atoms with Gasteiger partial charge in [0.05, 0.1) is 18.4 Å². The molecule has 0 bridgehead atoms. The summed E-state index contributed by atoms with van der Waals surface area (Å²) in [5.41, 5.74) is 4.59. The Morgan fingerprint density at radius 3 is 2.56 bits per heavy atom. The van der Waals surface area contributed by atoms with Gasteiger partial charge in [0.2, 0.25) is 0 Å². The molecule has 166 valence electrons. The number of pyridine rings is 1. The van der Waals surface area contributed by atoms with E-state index in [-0.39, 0.29) is 17.2 Å². The third-order valence-corrected chi connectivity index (χ3v) is 5.87. The fraction of sp³-hybridized carbons (Fsp3) is 0.280. The van der Waals surface area contributed by atoms with Crippen LogP contribution in [0.5, 0.6) is 11.5 Å². The number of rotatable bonds is 5. The van der Waals surface area contributed by atoms with Crippen LogP contribution < -0.4 is 15.0 Å². The molecule has 32 heavy (non-hydrogen) atoms. The normalized spacial score (nSPS) is 14.3. The van der Waals surface area contributed by atoms with E-state index in [4.69, 9.17) is 4.74 Å². The van der Waals surface area contributed by atoms with Crippen molar-refractivity contribution in [3.8, 4) is 22.6 Å². The Balaban J connectivity index is 1.55. The van der Waals surface area contributed by atoms with E-state index in [2.05, 4.69) is 27.1 Å². The Hall–Kier alpha value is -3.58. The van der Waals surface area contributed by atoms with Gasteiger partial charge in [-0.05, 0) is 61.5 Å². The number of aromatic nitrogens is 1. The molecule has 1 amide bonds. The van der Waals surface area contributed by atoms with Gasteiger partial charge in [0.15, 0.2) is 0 Å². The molecule has 4 rings (SSSR count). The number of carbonyl (C=O) groups is 1. The Morgan fingerprint density at radius 1 is 1.09 bits per heavy atom. The highest BCUT2D eigenvalue weighted by Crippen LogP contribution is 2.33. The third-order valence-electron chi connectivity index (χ3n) is 5.87. The smallest absolute Gasteiger partial charge is 0.259 e. The van der Waals surface area contributed by atoms with Crippen LogP contribution in [-0.2, 0) is 0 Å². The van der Waals surface area contributed by atoms with Crippen molar-refractivity contribution >= 4 is 17.3 Å². The van der Waals surface area contributed by atoms with Gasteiger partial charge in [-0.2, -0.15) is 0 Å². The number of nitrogens with zero attached hydrogens (tertiary/aromatic N) is 3. The van der Waals surface area contributed by atoms with E-state index in [1.165, 1.54) is 0 Å². The average Bonchev–Trinajstić information content (AvgIpc) is 2.79. The predicted molar refractivity (Wildman–Crippen MR) is 127 cm³/mol. The van der Waals surface area contributed by atoms with Gasteiger partial charge in [-0.3, -0.25) is 9.78 Å². The van der Waals surface area contributed by atoms with Gasteiger partial charge >= 0.3 is 0 Å². The quantitative estimate of drug-likeness (QED) is 0.639. The molecule has 2 heterocycles. The van der Waals surface area contributed by atoms with Crippen LogP contribution in [0.15, 0.2) is 54.9 Å². The molecule has 0 atom stereocenters. The largest absolute Gasteiger partial charge is 0.507 e. The second-order valence-corrected chi connectivity index (χ2v) is 8.05. The molecule has 1 aliphatic rings. The number of aromatic hydroxyl groups is 1. The summed E-state index contributed by atoms with van der Waals surface area (Å²) in [5, 5.41) is 13.4. The number of hydrogen-bond acceptors (Lipinski definition) is 6. The molecule has 1 fully saturated rings. The summed E-state index contributed by atoms with van der Waals surface area (Å²) < 4.78 is 5.54. The number of nitrogens with one attached hydrogen (secondary N) is 1. The monoisotopic (exact) mass is 432 g/mol. The number of phenolic OH excluding ortho intramolecular Hbond substituents is 1. The summed E-state index contributed by atoms with van der Waals surface area (Å²) in [6.45, 7) is 5.70. The van der Waals surface area contributed by atoms with E-state index >= 15 is 0 Å². The molecule has 0 spiro atoms. The van der Waals surface area contributed by atoms with E-state index in [1.807, 2.05) is 31.2 Å². The second kappa shape index (κ2) is 9.28. The lowest BCUT2D eigenvalue weighted by Gasteiger charge is -2.35. The first-order valence-corrected chi connectivity index (χ1v) is 10.6. The molecule has 0 unspecified atom stereocenters. The van der Waals surface area contributed by atoms with Gasteiger partial charge in [-0.25, -0.2) is 0 Å². The molecule has 2 N–H and O–H groups in total. The summed E-state index contributed by atoms with van der Waals surface area (Å²) in [7, 11) is 3.76. The number of amides is 1. The lowest BCUT2D eigenvalue weighted by Crippen LogP contribution is -2.44. The molecule has 7 heteroatoms. The number of methoxy groups -OCH3 is 1. The standard InChI is InChI=1S/C25H28N4O3/c1-17-8-9-26-16-21(17)18-4-6-20(23(30)14-18)25(31)27-19-5-7-24(32-3)22(15-19)29-12-10-28(2)11-13-29/h4-9,14-16,30H,10-13H2,1-3H3,(H,27,31). The number of hydrogen-bond donors (Lipinski definition) is 2. The average molecular weight is 433 g/mol. The fourth-order valence-corrected chi connectivity index (χ4v) is 3.92. The molecule has 0 saturated carbocycles. The molecule has 7 nitrogen and oxygen atoms in total. The van der Waals surface area contributed by atoms with Crippen molar-refractivity contribution in [3.63, 3.8) is 0 Å². The maximum absolute atomic E-state index is 12.9. The second-order valence-electron chi connectivity index (χ2n) is 8.05. The van der Waals surface area contributed by atoms with Crippen molar-refractivity contribution in [2.24, 2.45) is 0 Å². The number of piperazine rings is 1. The minimum atomic E-state index is -0.369. The van der Waals surface area contributed by atoms with Crippen LogP contribution in [0, 0.1) is 6.92 Å². The SMILES string of the molecule is COc1ccc(NC(=O)c2ccc(-c3cnccc3C)cc2O)cc1N1CCN(C)CC1. The van der Waals surface area contributed by atoms with Gasteiger partial charge in [-0.15, -0.1) is 0 Å². The zero-order valence-corrected chi connectivity index (χ0v) is 18.6. The molecule has 1 aliphatic heterocycles. The first kappa shape index (κ1) is 21.6. The Morgan fingerprint density at radius 2 is 1.88 bits per heavy atom. The highest BCUT2D eigenvalue weighted by atomic mass is 16.5. The van der Waals surface area contributed by atoms with Crippen molar-refractivity contribution in [2.75, 3.05) is 50.6 Å². The summed E-state index contributed by atoms with van der Waals surface area (Å²) in [5.74, 6) is 0.328. The number of ether oxygens (including phenoxy) is 1. The van der Waals surface area contributed by atoms with Crippen LogP contribution in [0.1, 0.15) is 15.9 Å². The summed E-state index contributed by atoms with van der Waals surface area (Å²) in [6, 6.07) is 12.6. The van der Waals surface area contributed by atoms with Crippen LogP contribution in [-0.4, -0.2) is 61.2 Å². The van der Waals surface area contributed by atoms with Crippen LogP contribution in [0.2, 0.25) is 0 Å².